The van der Waals surface area contributed by atoms with E-state index in [1.54, 1.807) is 0 Å². The molecule has 0 aromatic heterocycles. The fourth-order valence-corrected chi connectivity index (χ4v) is 1.71. The highest BCUT2D eigenvalue weighted by atomic mass is 15.4. The molecule has 0 amide bonds. The van der Waals surface area contributed by atoms with Crippen molar-refractivity contribution >= 4 is 5.96 Å². The van der Waals surface area contributed by atoms with Gasteiger partial charge in [-0.3, -0.25) is 0 Å². The molecule has 1 aliphatic heterocycles. The van der Waals surface area contributed by atoms with E-state index in [4.69, 9.17) is 4.99 Å². The number of aliphatic imine (C=N–C) groups is 1. The first-order chi connectivity index (χ1) is 7.44. The zero-order valence-corrected chi connectivity index (χ0v) is 11.3. The van der Waals surface area contributed by atoms with Gasteiger partial charge in [0.05, 0.1) is 5.54 Å². The minimum Gasteiger partial charge on any atom is -0.344 e. The Labute approximate surface area is 99.8 Å². The molecule has 1 heterocycles. The lowest BCUT2D eigenvalue weighted by Crippen LogP contribution is -2.34. The van der Waals surface area contributed by atoms with Gasteiger partial charge in [-0.15, -0.1) is 0 Å². The number of nitrogens with zero attached hydrogens (tertiary/aromatic N) is 3. The summed E-state index contributed by atoms with van der Waals surface area (Å²) in [6.45, 7) is 11.7. The van der Waals surface area contributed by atoms with Gasteiger partial charge in [0, 0.05) is 26.7 Å². The minimum absolute atomic E-state index is 0.000649. The van der Waals surface area contributed by atoms with Crippen molar-refractivity contribution < 1.29 is 0 Å². The maximum absolute atomic E-state index is 4.78. The Bertz CT molecular complexity index is 273. The van der Waals surface area contributed by atoms with Gasteiger partial charge in [0.25, 0.3) is 0 Å². The van der Waals surface area contributed by atoms with Crippen LogP contribution in [0.25, 0.3) is 0 Å². The van der Waals surface area contributed by atoms with Crippen molar-refractivity contribution in [3.8, 4) is 0 Å². The Hall–Kier alpha value is -0.990. The zero-order chi connectivity index (χ0) is 12.2. The topological polar surface area (TPSA) is 18.8 Å². The molecule has 1 aliphatic rings. The number of rotatable bonds is 3. The fourth-order valence-electron chi connectivity index (χ4n) is 1.71. The van der Waals surface area contributed by atoms with Crippen molar-refractivity contribution in [3.05, 3.63) is 12.2 Å². The minimum atomic E-state index is 0.000649. The first-order valence-electron chi connectivity index (χ1n) is 6.15. The van der Waals surface area contributed by atoms with Crippen molar-refractivity contribution in [1.29, 1.82) is 0 Å². The molecule has 0 spiro atoms. The molecule has 0 radical (unpaired) electrons. The lowest BCUT2D eigenvalue weighted by molar-refractivity contribution is 0.489. The van der Waals surface area contributed by atoms with Crippen LogP contribution in [0, 0.1) is 0 Å². The highest BCUT2D eigenvalue weighted by Crippen LogP contribution is 2.13. The molecule has 3 heteroatoms. The maximum Gasteiger partial charge on any atom is 0.197 e. The molecule has 0 atom stereocenters. The predicted molar refractivity (Wildman–Crippen MR) is 70.8 cm³/mol. The molecular formula is C13H25N3. The van der Waals surface area contributed by atoms with Crippen LogP contribution in [0.2, 0.25) is 0 Å². The zero-order valence-electron chi connectivity index (χ0n) is 11.3. The van der Waals surface area contributed by atoms with Crippen molar-refractivity contribution in [3.63, 3.8) is 0 Å². The van der Waals surface area contributed by atoms with Crippen LogP contribution in [0.4, 0.5) is 0 Å². The van der Waals surface area contributed by atoms with Gasteiger partial charge in [0.2, 0.25) is 0 Å². The molecule has 0 saturated carbocycles. The average molecular weight is 223 g/mol. The molecule has 0 N–H and O–H groups in total. The van der Waals surface area contributed by atoms with Gasteiger partial charge in [-0.2, -0.15) is 0 Å². The van der Waals surface area contributed by atoms with Gasteiger partial charge >= 0.3 is 0 Å². The highest BCUT2D eigenvalue weighted by Gasteiger charge is 2.24. The highest BCUT2D eigenvalue weighted by molar-refractivity contribution is 5.82. The van der Waals surface area contributed by atoms with Crippen LogP contribution < -0.4 is 0 Å². The average Bonchev–Trinajstić information content (AvgIpc) is 2.48. The summed E-state index contributed by atoms with van der Waals surface area (Å²) in [6.07, 6.45) is 5.56. The van der Waals surface area contributed by atoms with E-state index in [1.807, 2.05) is 0 Å². The van der Waals surface area contributed by atoms with Gasteiger partial charge < -0.3 is 9.80 Å². The second-order valence-electron chi connectivity index (χ2n) is 5.33. The number of hydrogen-bond donors (Lipinski definition) is 0. The predicted octanol–water partition coefficient (Wildman–Crippen LogP) is 2.35. The fraction of sp³-hybridized carbons (Fsp3) is 0.769. The van der Waals surface area contributed by atoms with Crippen LogP contribution in [0.1, 0.15) is 34.1 Å². The molecule has 0 aliphatic carbocycles. The molecule has 0 aromatic rings. The number of hydrogen-bond acceptors (Lipinski definition) is 1. The summed E-state index contributed by atoms with van der Waals surface area (Å²) >= 11 is 0. The standard InChI is InChI=1S/C13H25N3/c1-6-7-8-9-16-11-10-15(5)12(16)14-13(2,3)4/h7-8H,6,9-11H2,1-5H3/b8-7+,14-12?. The van der Waals surface area contributed by atoms with Gasteiger partial charge in [-0.25, -0.2) is 4.99 Å². The third-order valence-electron chi connectivity index (χ3n) is 2.49. The van der Waals surface area contributed by atoms with Crippen LogP contribution in [0.5, 0.6) is 0 Å². The van der Waals surface area contributed by atoms with E-state index in [9.17, 15) is 0 Å². The summed E-state index contributed by atoms with van der Waals surface area (Å²) in [4.78, 5) is 9.37. The van der Waals surface area contributed by atoms with Crippen LogP contribution in [0.3, 0.4) is 0 Å². The van der Waals surface area contributed by atoms with Crippen LogP contribution in [-0.2, 0) is 0 Å². The van der Waals surface area contributed by atoms with Gasteiger partial charge in [0.1, 0.15) is 0 Å². The van der Waals surface area contributed by atoms with Gasteiger partial charge in [0.15, 0.2) is 5.96 Å². The molecule has 16 heavy (non-hydrogen) atoms. The van der Waals surface area contributed by atoms with Gasteiger partial charge in [-0.1, -0.05) is 19.1 Å². The van der Waals surface area contributed by atoms with E-state index in [0.29, 0.717) is 0 Å². The molecular weight excluding hydrogens is 198 g/mol. The van der Waals surface area contributed by atoms with Crippen LogP contribution in [-0.4, -0.2) is 48.0 Å². The van der Waals surface area contributed by atoms with Crippen molar-refractivity contribution in [1.82, 2.24) is 9.80 Å². The summed E-state index contributed by atoms with van der Waals surface area (Å²) in [5.74, 6) is 1.13. The van der Waals surface area contributed by atoms with E-state index in [1.165, 1.54) is 0 Å². The van der Waals surface area contributed by atoms with E-state index in [0.717, 1.165) is 32.0 Å². The smallest absolute Gasteiger partial charge is 0.197 e. The van der Waals surface area contributed by atoms with Crippen molar-refractivity contribution in [2.75, 3.05) is 26.7 Å². The Morgan fingerprint density at radius 3 is 2.50 bits per heavy atom. The Morgan fingerprint density at radius 1 is 1.25 bits per heavy atom. The SMILES string of the molecule is CC/C=C/CN1CCN(C)C1=NC(C)(C)C. The Balaban J connectivity index is 2.70. The lowest BCUT2D eigenvalue weighted by Gasteiger charge is -2.23. The van der Waals surface area contributed by atoms with E-state index >= 15 is 0 Å². The largest absolute Gasteiger partial charge is 0.344 e. The molecule has 1 fully saturated rings. The second kappa shape index (κ2) is 5.37. The summed E-state index contributed by atoms with van der Waals surface area (Å²) in [5.41, 5.74) is 0.000649. The number of likely N-dealkylation sites (N-methyl/N-ethyl adjacent to an activating group) is 1. The summed E-state index contributed by atoms with van der Waals surface area (Å²) < 4.78 is 0. The molecule has 1 rings (SSSR count). The number of allylic oxidation sites excluding steroid dienone is 1. The quantitative estimate of drug-likeness (QED) is 0.684. The monoisotopic (exact) mass is 223 g/mol. The summed E-state index contributed by atoms with van der Waals surface area (Å²) in [7, 11) is 2.12. The van der Waals surface area contributed by atoms with Crippen LogP contribution in [0.15, 0.2) is 17.1 Å². The van der Waals surface area contributed by atoms with Crippen molar-refractivity contribution in [2.24, 2.45) is 4.99 Å². The molecule has 0 aromatic carbocycles. The molecule has 1 saturated heterocycles. The first kappa shape index (κ1) is 13.1. The lowest BCUT2D eigenvalue weighted by atomic mass is 10.1. The third-order valence-corrected chi connectivity index (χ3v) is 2.49. The second-order valence-corrected chi connectivity index (χ2v) is 5.33. The van der Waals surface area contributed by atoms with Crippen molar-refractivity contribution in [2.45, 2.75) is 39.7 Å². The molecule has 0 unspecified atom stereocenters. The summed E-state index contributed by atoms with van der Waals surface area (Å²) in [5, 5.41) is 0. The first-order valence-corrected chi connectivity index (χ1v) is 6.15. The maximum atomic E-state index is 4.78. The van der Waals surface area contributed by atoms with E-state index in [-0.39, 0.29) is 5.54 Å². The normalized spacial score (nSPS) is 20.4. The van der Waals surface area contributed by atoms with Gasteiger partial charge in [-0.05, 0) is 27.2 Å². The molecule has 0 bridgehead atoms. The van der Waals surface area contributed by atoms with Crippen LogP contribution >= 0.6 is 0 Å². The Morgan fingerprint density at radius 2 is 1.94 bits per heavy atom. The molecule has 3 nitrogen and oxygen atoms in total. The summed E-state index contributed by atoms with van der Waals surface area (Å²) in [6, 6.07) is 0. The van der Waals surface area contributed by atoms with E-state index < -0.39 is 0 Å². The number of guanidine groups is 1. The molecule has 92 valence electrons. The third kappa shape index (κ3) is 3.87. The Kier molecular flexibility index (Phi) is 4.39. The van der Waals surface area contributed by atoms with E-state index in [2.05, 4.69) is 56.7 Å².